The van der Waals surface area contributed by atoms with E-state index in [9.17, 15) is 9.59 Å². The maximum Gasteiger partial charge on any atom is 0.222 e. The Morgan fingerprint density at radius 2 is 1.13 bits per heavy atom. The van der Waals surface area contributed by atoms with Crippen molar-refractivity contribution in [3.63, 3.8) is 0 Å². The van der Waals surface area contributed by atoms with Crippen molar-refractivity contribution in [1.82, 2.24) is 9.80 Å². The summed E-state index contributed by atoms with van der Waals surface area (Å²) < 4.78 is 0. The molecule has 0 aromatic heterocycles. The average Bonchev–Trinajstić information content (AvgIpc) is 3.06. The third kappa shape index (κ3) is 3.53. The molecular formula is C11H18N2O2. The Bertz CT molecular complexity index is 231. The van der Waals surface area contributed by atoms with Crippen LogP contribution in [0.15, 0.2) is 0 Å². The first-order valence-electron chi connectivity index (χ1n) is 5.83. The lowest BCUT2D eigenvalue weighted by atomic mass is 10.1. The van der Waals surface area contributed by atoms with Gasteiger partial charge in [-0.05, 0) is 12.8 Å². The molecule has 0 unspecified atom stereocenters. The number of amides is 2. The number of carbonyl (C=O) groups excluding carboxylic acids is 2. The SMILES string of the molecule is O=C(CCCCCC(=O)N1CC1)N1CC1. The number of unbranched alkanes of at least 4 members (excludes halogenated alkanes) is 2. The van der Waals surface area contributed by atoms with Crippen molar-refractivity contribution in [2.45, 2.75) is 32.1 Å². The summed E-state index contributed by atoms with van der Waals surface area (Å²) in [4.78, 5) is 26.3. The predicted molar refractivity (Wildman–Crippen MR) is 56.2 cm³/mol. The third-order valence-corrected chi connectivity index (χ3v) is 2.88. The normalized spacial score (nSPS) is 17.9. The maximum absolute atomic E-state index is 11.3. The average molecular weight is 210 g/mol. The molecule has 0 radical (unpaired) electrons. The number of carbonyl (C=O) groups is 2. The van der Waals surface area contributed by atoms with Crippen molar-refractivity contribution in [1.29, 1.82) is 0 Å². The summed E-state index contributed by atoms with van der Waals surface area (Å²) in [5.41, 5.74) is 0. The Kier molecular flexibility index (Phi) is 3.23. The second kappa shape index (κ2) is 4.64. The van der Waals surface area contributed by atoms with Gasteiger partial charge >= 0.3 is 0 Å². The molecule has 84 valence electrons. The van der Waals surface area contributed by atoms with E-state index in [4.69, 9.17) is 0 Å². The molecule has 2 rings (SSSR count). The topological polar surface area (TPSA) is 40.2 Å². The van der Waals surface area contributed by atoms with Gasteiger partial charge in [0, 0.05) is 39.0 Å². The summed E-state index contributed by atoms with van der Waals surface area (Å²) in [6.07, 6.45) is 4.19. The Labute approximate surface area is 90.2 Å². The van der Waals surface area contributed by atoms with Crippen LogP contribution in [-0.4, -0.2) is 47.8 Å². The van der Waals surface area contributed by atoms with Crippen molar-refractivity contribution >= 4 is 11.8 Å². The highest BCUT2D eigenvalue weighted by atomic mass is 16.2. The smallest absolute Gasteiger partial charge is 0.222 e. The molecule has 0 aromatic carbocycles. The lowest BCUT2D eigenvalue weighted by Gasteiger charge is -2.02. The first-order valence-corrected chi connectivity index (χ1v) is 5.83. The molecular weight excluding hydrogens is 192 g/mol. The molecule has 0 bridgehead atoms. The lowest BCUT2D eigenvalue weighted by molar-refractivity contribution is -0.126. The molecule has 2 heterocycles. The molecule has 4 heteroatoms. The fourth-order valence-corrected chi connectivity index (χ4v) is 1.64. The third-order valence-electron chi connectivity index (χ3n) is 2.88. The highest BCUT2D eigenvalue weighted by molar-refractivity contribution is 5.78. The summed E-state index contributed by atoms with van der Waals surface area (Å²) in [5.74, 6) is 0.569. The molecule has 2 saturated heterocycles. The van der Waals surface area contributed by atoms with Crippen LogP contribution in [0.25, 0.3) is 0 Å². The van der Waals surface area contributed by atoms with Gasteiger partial charge in [0.05, 0.1) is 0 Å². The minimum atomic E-state index is 0.285. The van der Waals surface area contributed by atoms with Gasteiger partial charge in [-0.2, -0.15) is 0 Å². The second-order valence-corrected chi connectivity index (χ2v) is 4.32. The second-order valence-electron chi connectivity index (χ2n) is 4.32. The predicted octanol–water partition coefficient (Wildman–Crippen LogP) is 0.621. The molecule has 0 aromatic rings. The zero-order chi connectivity index (χ0) is 10.7. The van der Waals surface area contributed by atoms with Crippen molar-refractivity contribution in [3.8, 4) is 0 Å². The number of hydrogen-bond acceptors (Lipinski definition) is 2. The molecule has 0 spiro atoms. The molecule has 4 nitrogen and oxygen atoms in total. The zero-order valence-electron chi connectivity index (χ0n) is 9.07. The number of hydrogen-bond donors (Lipinski definition) is 0. The van der Waals surface area contributed by atoms with E-state index in [1.807, 2.05) is 9.80 Å². The van der Waals surface area contributed by atoms with Crippen LogP contribution in [0, 0.1) is 0 Å². The van der Waals surface area contributed by atoms with Crippen molar-refractivity contribution in [2.75, 3.05) is 26.2 Å². The molecule has 15 heavy (non-hydrogen) atoms. The fraction of sp³-hybridized carbons (Fsp3) is 0.818. The molecule has 0 N–H and O–H groups in total. The lowest BCUT2D eigenvalue weighted by Crippen LogP contribution is -2.10. The first kappa shape index (κ1) is 10.5. The van der Waals surface area contributed by atoms with Gasteiger partial charge in [0.25, 0.3) is 0 Å². The standard InChI is InChI=1S/C11H18N2O2/c14-10(12-6-7-12)4-2-1-3-5-11(15)13-8-9-13/h1-9H2. The highest BCUT2D eigenvalue weighted by Crippen LogP contribution is 2.13. The van der Waals surface area contributed by atoms with Crippen LogP contribution in [0.4, 0.5) is 0 Å². The molecule has 0 aliphatic carbocycles. The van der Waals surface area contributed by atoms with Gasteiger partial charge in [-0.15, -0.1) is 0 Å². The van der Waals surface area contributed by atoms with Crippen molar-refractivity contribution < 1.29 is 9.59 Å². The minimum Gasteiger partial charge on any atom is -0.339 e. The van der Waals surface area contributed by atoms with Gasteiger partial charge < -0.3 is 9.80 Å². The Morgan fingerprint density at radius 3 is 1.47 bits per heavy atom. The Balaban J connectivity index is 1.44. The molecule has 2 fully saturated rings. The van der Waals surface area contributed by atoms with Crippen LogP contribution >= 0.6 is 0 Å². The van der Waals surface area contributed by atoms with E-state index < -0.39 is 0 Å². The zero-order valence-corrected chi connectivity index (χ0v) is 9.07. The van der Waals surface area contributed by atoms with Crippen LogP contribution in [0.1, 0.15) is 32.1 Å². The van der Waals surface area contributed by atoms with E-state index in [1.54, 1.807) is 0 Å². The maximum atomic E-state index is 11.3. The molecule has 0 saturated carbocycles. The largest absolute Gasteiger partial charge is 0.339 e. The van der Waals surface area contributed by atoms with E-state index in [0.29, 0.717) is 12.8 Å². The quantitative estimate of drug-likeness (QED) is 0.476. The van der Waals surface area contributed by atoms with Gasteiger partial charge in [0.2, 0.25) is 11.8 Å². The van der Waals surface area contributed by atoms with Crippen LogP contribution in [0.3, 0.4) is 0 Å². The Morgan fingerprint density at radius 1 is 0.733 bits per heavy atom. The van der Waals surface area contributed by atoms with E-state index in [0.717, 1.165) is 45.4 Å². The molecule has 2 aliphatic heterocycles. The number of nitrogens with zero attached hydrogens (tertiary/aromatic N) is 2. The Hall–Kier alpha value is -1.06. The van der Waals surface area contributed by atoms with Crippen LogP contribution in [0.5, 0.6) is 0 Å². The van der Waals surface area contributed by atoms with Gasteiger partial charge in [0.1, 0.15) is 0 Å². The van der Waals surface area contributed by atoms with E-state index in [2.05, 4.69) is 0 Å². The van der Waals surface area contributed by atoms with E-state index in [-0.39, 0.29) is 11.8 Å². The van der Waals surface area contributed by atoms with Gasteiger partial charge in [-0.3, -0.25) is 9.59 Å². The van der Waals surface area contributed by atoms with Crippen LogP contribution < -0.4 is 0 Å². The van der Waals surface area contributed by atoms with Gasteiger partial charge in [0.15, 0.2) is 0 Å². The molecule has 2 aliphatic rings. The minimum absolute atomic E-state index is 0.285. The van der Waals surface area contributed by atoms with E-state index >= 15 is 0 Å². The van der Waals surface area contributed by atoms with Crippen molar-refractivity contribution in [3.05, 3.63) is 0 Å². The molecule has 2 amide bonds. The highest BCUT2D eigenvalue weighted by Gasteiger charge is 2.24. The van der Waals surface area contributed by atoms with Crippen LogP contribution in [0.2, 0.25) is 0 Å². The number of rotatable bonds is 6. The fourth-order valence-electron chi connectivity index (χ4n) is 1.64. The van der Waals surface area contributed by atoms with Crippen LogP contribution in [-0.2, 0) is 9.59 Å². The summed E-state index contributed by atoms with van der Waals surface area (Å²) >= 11 is 0. The summed E-state index contributed by atoms with van der Waals surface area (Å²) in [6, 6.07) is 0. The first-order chi connectivity index (χ1) is 7.27. The summed E-state index contributed by atoms with van der Waals surface area (Å²) in [6.45, 7) is 3.80. The summed E-state index contributed by atoms with van der Waals surface area (Å²) in [5, 5.41) is 0. The van der Waals surface area contributed by atoms with Gasteiger partial charge in [-0.1, -0.05) is 6.42 Å². The van der Waals surface area contributed by atoms with E-state index in [1.165, 1.54) is 0 Å². The molecule has 0 atom stereocenters. The monoisotopic (exact) mass is 210 g/mol. The van der Waals surface area contributed by atoms with Crippen molar-refractivity contribution in [2.24, 2.45) is 0 Å². The van der Waals surface area contributed by atoms with Gasteiger partial charge in [-0.25, -0.2) is 0 Å². The summed E-state index contributed by atoms with van der Waals surface area (Å²) in [7, 11) is 0.